The van der Waals surface area contributed by atoms with Crippen molar-refractivity contribution in [1.29, 1.82) is 0 Å². The fourth-order valence-corrected chi connectivity index (χ4v) is 4.39. The van der Waals surface area contributed by atoms with Gasteiger partial charge in [-0.25, -0.2) is 13.6 Å². The van der Waals surface area contributed by atoms with Crippen molar-refractivity contribution >= 4 is 29.9 Å². The van der Waals surface area contributed by atoms with Crippen molar-refractivity contribution in [1.82, 2.24) is 0 Å². The van der Waals surface area contributed by atoms with E-state index in [9.17, 15) is 28.3 Å². The third-order valence-electron chi connectivity index (χ3n) is 6.69. The van der Waals surface area contributed by atoms with Crippen LogP contribution in [0.4, 0.5) is 8.78 Å². The average Bonchev–Trinajstić information content (AvgIpc) is 3.03. The van der Waals surface area contributed by atoms with Gasteiger partial charge in [-0.2, -0.15) is 0 Å². The van der Waals surface area contributed by atoms with E-state index < -0.39 is 29.4 Å². The first kappa shape index (κ1) is 33.9. The quantitative estimate of drug-likeness (QED) is 0.0581. The average molecular weight is 641 g/mol. The number of halogens is 2. The van der Waals surface area contributed by atoms with Crippen LogP contribution in [0.1, 0.15) is 34.0 Å². The molecule has 4 aromatic carbocycles. The lowest BCUT2D eigenvalue weighted by Crippen LogP contribution is -2.13. The van der Waals surface area contributed by atoms with Gasteiger partial charge in [0.25, 0.3) is 0 Å². The highest BCUT2D eigenvalue weighted by molar-refractivity contribution is 6.02. The van der Waals surface area contributed by atoms with Crippen LogP contribution in [0, 0.1) is 18.6 Å². The lowest BCUT2D eigenvalue weighted by molar-refractivity contribution is -0.131. The zero-order chi connectivity index (χ0) is 34.1. The second-order valence-electron chi connectivity index (χ2n) is 10.1. The van der Waals surface area contributed by atoms with Gasteiger partial charge in [-0.1, -0.05) is 36.4 Å². The number of aryl methyl sites for hydroxylation is 1. The van der Waals surface area contributed by atoms with Crippen molar-refractivity contribution in [3.63, 3.8) is 0 Å². The second-order valence-corrected chi connectivity index (χ2v) is 10.1. The van der Waals surface area contributed by atoms with Crippen molar-refractivity contribution in [2.24, 2.45) is 0 Å². The number of carbonyl (C=O) groups excluding carboxylic acids is 3. The summed E-state index contributed by atoms with van der Waals surface area (Å²) in [6.07, 6.45) is 6.81. The molecular formula is C37H30F2O8. The number of esters is 2. The van der Waals surface area contributed by atoms with Crippen LogP contribution in [0.2, 0.25) is 0 Å². The molecule has 240 valence electrons. The highest BCUT2D eigenvalue weighted by atomic mass is 19.1. The fraction of sp³-hybridized carbons (Fsp3) is 0.108. The van der Waals surface area contributed by atoms with Crippen LogP contribution in [-0.2, 0) is 9.59 Å². The molecule has 10 heteroatoms. The number of ketones is 1. The predicted octanol–water partition coefficient (Wildman–Crippen LogP) is 7.84. The number of rotatable bonds is 11. The zero-order valence-corrected chi connectivity index (χ0v) is 25.9. The third-order valence-corrected chi connectivity index (χ3v) is 6.69. The molecule has 0 saturated heterocycles. The van der Waals surface area contributed by atoms with Crippen molar-refractivity contribution in [2.45, 2.75) is 13.8 Å². The zero-order valence-electron chi connectivity index (χ0n) is 25.9. The number of ether oxygens (including phenoxy) is 4. The molecule has 1 N–H and O–H groups in total. The smallest absolute Gasteiger partial charge is 0.347 e. The Morgan fingerprint density at radius 3 is 2.06 bits per heavy atom. The van der Waals surface area contributed by atoms with Gasteiger partial charge in [0.2, 0.25) is 0 Å². The van der Waals surface area contributed by atoms with Gasteiger partial charge in [-0.3, -0.25) is 9.59 Å². The third kappa shape index (κ3) is 9.01. The lowest BCUT2D eigenvalue weighted by Gasteiger charge is -2.13. The van der Waals surface area contributed by atoms with Crippen molar-refractivity contribution < 1.29 is 47.2 Å². The maximum absolute atomic E-state index is 14.5. The molecule has 0 aliphatic carbocycles. The highest BCUT2D eigenvalue weighted by Gasteiger charge is 2.21. The van der Waals surface area contributed by atoms with Crippen molar-refractivity contribution in [2.75, 3.05) is 14.2 Å². The first-order valence-corrected chi connectivity index (χ1v) is 14.1. The Balaban J connectivity index is 1.51. The van der Waals surface area contributed by atoms with Crippen molar-refractivity contribution in [3.8, 4) is 34.1 Å². The van der Waals surface area contributed by atoms with Crippen LogP contribution < -0.4 is 18.9 Å². The van der Waals surface area contributed by atoms with E-state index in [1.54, 1.807) is 25.3 Å². The number of aliphatic hydroxyl groups is 1. The predicted molar refractivity (Wildman–Crippen MR) is 173 cm³/mol. The molecule has 4 rings (SSSR count). The molecule has 47 heavy (non-hydrogen) atoms. The molecule has 0 saturated carbocycles. The van der Waals surface area contributed by atoms with E-state index in [1.807, 2.05) is 19.1 Å². The number of carbonyl (C=O) groups is 3. The van der Waals surface area contributed by atoms with Gasteiger partial charge < -0.3 is 24.1 Å². The molecule has 0 amide bonds. The molecule has 0 aliphatic heterocycles. The Labute approximate surface area is 269 Å². The summed E-state index contributed by atoms with van der Waals surface area (Å²) in [5.41, 5.74) is 2.30. The number of allylic oxidation sites excluding steroid dienone is 3. The summed E-state index contributed by atoms with van der Waals surface area (Å²) < 4.78 is 49.3. The Bertz CT molecular complexity index is 1920. The van der Waals surface area contributed by atoms with Crippen LogP contribution >= 0.6 is 0 Å². The first-order chi connectivity index (χ1) is 22.5. The number of aliphatic hydroxyl groups excluding tert-OH is 1. The monoisotopic (exact) mass is 640 g/mol. The summed E-state index contributed by atoms with van der Waals surface area (Å²) in [7, 11) is 2.92. The topological polar surface area (TPSA) is 108 Å². The van der Waals surface area contributed by atoms with Crippen LogP contribution in [0.25, 0.3) is 23.3 Å². The molecular weight excluding hydrogens is 610 g/mol. The van der Waals surface area contributed by atoms with Crippen molar-refractivity contribution in [3.05, 3.63) is 131 Å². The molecule has 0 fully saturated rings. The van der Waals surface area contributed by atoms with E-state index in [0.29, 0.717) is 17.4 Å². The maximum Gasteiger partial charge on any atom is 0.347 e. The second kappa shape index (κ2) is 15.3. The van der Waals surface area contributed by atoms with E-state index in [1.165, 1.54) is 61.7 Å². The summed E-state index contributed by atoms with van der Waals surface area (Å²) >= 11 is 0. The molecule has 0 heterocycles. The number of benzene rings is 4. The van der Waals surface area contributed by atoms with Crippen LogP contribution in [0.15, 0.2) is 96.8 Å². The first-order valence-electron chi connectivity index (χ1n) is 14.1. The molecule has 0 atom stereocenters. The fourth-order valence-electron chi connectivity index (χ4n) is 4.39. The van der Waals surface area contributed by atoms with Crippen LogP contribution in [0.5, 0.6) is 23.0 Å². The van der Waals surface area contributed by atoms with Gasteiger partial charge in [0.05, 0.1) is 14.2 Å². The lowest BCUT2D eigenvalue weighted by atomic mass is 10.0. The van der Waals surface area contributed by atoms with Gasteiger partial charge in [-0.05, 0) is 83.8 Å². The molecule has 8 nitrogen and oxygen atoms in total. The summed E-state index contributed by atoms with van der Waals surface area (Å²) in [4.78, 5) is 37.4. The molecule has 0 bridgehead atoms. The highest BCUT2D eigenvalue weighted by Crippen LogP contribution is 2.33. The maximum atomic E-state index is 14.5. The Hall–Kier alpha value is -6.03. The molecule has 0 unspecified atom stereocenters. The van der Waals surface area contributed by atoms with E-state index in [0.717, 1.165) is 30.2 Å². The standard InChI is InChI=1S/C37H30F2O8/c1-22-5-6-24(17-35(22)44-3)7-12-28(41)21-29(42)13-8-25-9-15-34(36(18-25)45-4)47-37(43)31-19-26(10-16-33(31)46-23(2)40)30-14-11-27(38)20-32(30)39/h5-21,41H,1-4H3/b12-7+,13-8+,28-21-. The van der Waals surface area contributed by atoms with Crippen LogP contribution in [-0.4, -0.2) is 37.0 Å². The number of hydrogen-bond acceptors (Lipinski definition) is 8. The number of hydrogen-bond donors (Lipinski definition) is 1. The Morgan fingerprint density at radius 2 is 1.38 bits per heavy atom. The van der Waals surface area contributed by atoms with Crippen LogP contribution in [0.3, 0.4) is 0 Å². The molecule has 0 aliphatic rings. The Kier molecular flexibility index (Phi) is 11.0. The summed E-state index contributed by atoms with van der Waals surface area (Å²) in [5.74, 6) is -3.29. The molecule has 4 aromatic rings. The minimum absolute atomic E-state index is 0.00327. The van der Waals surface area contributed by atoms with Gasteiger partial charge in [0.15, 0.2) is 17.3 Å². The van der Waals surface area contributed by atoms with E-state index in [2.05, 4.69) is 0 Å². The largest absolute Gasteiger partial charge is 0.508 e. The molecule has 0 aromatic heterocycles. The van der Waals surface area contributed by atoms with Gasteiger partial charge >= 0.3 is 11.9 Å². The van der Waals surface area contributed by atoms with Gasteiger partial charge in [0, 0.05) is 24.6 Å². The van der Waals surface area contributed by atoms with E-state index in [4.69, 9.17) is 18.9 Å². The summed E-state index contributed by atoms with van der Waals surface area (Å²) in [6, 6.07) is 17.0. The molecule has 0 radical (unpaired) electrons. The summed E-state index contributed by atoms with van der Waals surface area (Å²) in [6.45, 7) is 3.06. The minimum atomic E-state index is -0.944. The summed E-state index contributed by atoms with van der Waals surface area (Å²) in [5, 5.41) is 10.2. The SMILES string of the molecule is COc1cc(/C=C/C(O)=C/C(=O)/C=C/c2ccc(OC(=O)c3cc(-c4ccc(F)cc4F)ccc3OC(C)=O)c(OC)c2)ccc1C. The van der Waals surface area contributed by atoms with E-state index in [-0.39, 0.29) is 39.7 Å². The van der Waals surface area contributed by atoms with Gasteiger partial charge in [-0.15, -0.1) is 0 Å². The minimum Gasteiger partial charge on any atom is -0.508 e. The number of methoxy groups -OCH3 is 2. The Morgan fingerprint density at radius 1 is 0.723 bits per heavy atom. The van der Waals surface area contributed by atoms with Gasteiger partial charge in [0.1, 0.15) is 34.5 Å². The normalized spacial score (nSPS) is 11.5. The molecule has 0 spiro atoms. The van der Waals surface area contributed by atoms with E-state index >= 15 is 0 Å².